The number of rotatable bonds is 5. The van der Waals surface area contributed by atoms with E-state index in [2.05, 4.69) is 27.5 Å². The van der Waals surface area contributed by atoms with E-state index in [1.807, 2.05) is 5.51 Å². The summed E-state index contributed by atoms with van der Waals surface area (Å²) < 4.78 is 0. The van der Waals surface area contributed by atoms with Crippen molar-refractivity contribution in [2.24, 2.45) is 0 Å². The van der Waals surface area contributed by atoms with E-state index >= 15 is 0 Å². The first-order valence-electron chi connectivity index (χ1n) is 6.70. The molecule has 1 aromatic rings. The van der Waals surface area contributed by atoms with Gasteiger partial charge in [0.1, 0.15) is 0 Å². The molecule has 0 aliphatic carbocycles. The molecule has 1 aliphatic rings. The Hall–Kier alpha value is -0.450. The Morgan fingerprint density at radius 3 is 2.76 bits per heavy atom. The molecule has 1 atom stereocenters. The Morgan fingerprint density at radius 2 is 2.12 bits per heavy atom. The monoisotopic (exact) mass is 253 g/mol. The Balaban J connectivity index is 1.65. The van der Waals surface area contributed by atoms with Gasteiger partial charge in [0, 0.05) is 24.5 Å². The van der Waals surface area contributed by atoms with Gasteiger partial charge in [-0.3, -0.25) is 0 Å². The second-order valence-corrected chi connectivity index (χ2v) is 5.56. The lowest BCUT2D eigenvalue weighted by atomic mass is 10.2. The second kappa shape index (κ2) is 7.09. The van der Waals surface area contributed by atoms with E-state index in [9.17, 15) is 0 Å². The zero-order valence-corrected chi connectivity index (χ0v) is 11.5. The van der Waals surface area contributed by atoms with Crippen molar-refractivity contribution in [3.8, 4) is 0 Å². The third-order valence-electron chi connectivity index (χ3n) is 3.47. The van der Waals surface area contributed by atoms with Crippen LogP contribution in [0.4, 0.5) is 0 Å². The molecule has 1 aromatic heterocycles. The molecule has 2 heterocycles. The lowest BCUT2D eigenvalue weighted by Gasteiger charge is -2.21. The first kappa shape index (κ1) is 13.0. The highest BCUT2D eigenvalue weighted by Crippen LogP contribution is 2.12. The zero-order valence-electron chi connectivity index (χ0n) is 10.7. The summed E-state index contributed by atoms with van der Waals surface area (Å²) in [4.78, 5) is 6.93. The van der Waals surface area contributed by atoms with Gasteiger partial charge >= 0.3 is 0 Å². The maximum Gasteiger partial charge on any atom is 0.0795 e. The third-order valence-corrected chi connectivity index (χ3v) is 4.08. The minimum Gasteiger partial charge on any atom is -0.308 e. The average Bonchev–Trinajstić information content (AvgIpc) is 2.75. The average molecular weight is 253 g/mol. The molecule has 0 amide bonds. The van der Waals surface area contributed by atoms with Gasteiger partial charge in [-0.05, 0) is 32.9 Å². The molecular formula is C13H23N3S. The summed E-state index contributed by atoms with van der Waals surface area (Å²) in [6.45, 7) is 7.00. The molecule has 0 spiro atoms. The van der Waals surface area contributed by atoms with Crippen molar-refractivity contribution < 1.29 is 0 Å². The summed E-state index contributed by atoms with van der Waals surface area (Å²) in [7, 11) is 0. The molecule has 1 aliphatic heterocycles. The van der Waals surface area contributed by atoms with Gasteiger partial charge in [-0.1, -0.05) is 12.8 Å². The number of hydrogen-bond donors (Lipinski definition) is 1. The summed E-state index contributed by atoms with van der Waals surface area (Å²) in [5, 5.41) is 5.68. The molecule has 96 valence electrons. The van der Waals surface area contributed by atoms with E-state index in [4.69, 9.17) is 0 Å². The van der Waals surface area contributed by atoms with Crippen molar-refractivity contribution in [1.29, 1.82) is 0 Å². The molecule has 1 saturated heterocycles. The Kier molecular flexibility index (Phi) is 5.42. The van der Waals surface area contributed by atoms with Crippen molar-refractivity contribution in [1.82, 2.24) is 15.2 Å². The number of thiazole rings is 1. The molecule has 0 radical (unpaired) electrons. The van der Waals surface area contributed by atoms with Gasteiger partial charge in [0.2, 0.25) is 0 Å². The van der Waals surface area contributed by atoms with E-state index in [-0.39, 0.29) is 0 Å². The summed E-state index contributed by atoms with van der Waals surface area (Å²) >= 11 is 1.67. The molecular weight excluding hydrogens is 230 g/mol. The third kappa shape index (κ3) is 4.37. The normalized spacial score (nSPS) is 20.1. The molecule has 0 bridgehead atoms. The van der Waals surface area contributed by atoms with Crippen LogP contribution in [0.3, 0.4) is 0 Å². The van der Waals surface area contributed by atoms with Gasteiger partial charge in [0.25, 0.3) is 0 Å². The summed E-state index contributed by atoms with van der Waals surface area (Å²) in [6.07, 6.45) is 5.58. The van der Waals surface area contributed by atoms with Gasteiger partial charge in [-0.25, -0.2) is 4.98 Å². The number of aromatic nitrogens is 1. The Bertz CT molecular complexity index is 292. The summed E-state index contributed by atoms with van der Waals surface area (Å²) in [5.74, 6) is 0. The zero-order chi connectivity index (χ0) is 11.9. The van der Waals surface area contributed by atoms with Crippen LogP contribution in [0.25, 0.3) is 0 Å². The summed E-state index contributed by atoms with van der Waals surface area (Å²) in [5.41, 5.74) is 3.08. The fourth-order valence-electron chi connectivity index (χ4n) is 2.34. The largest absolute Gasteiger partial charge is 0.308 e. The van der Waals surface area contributed by atoms with Crippen LogP contribution in [0.2, 0.25) is 0 Å². The van der Waals surface area contributed by atoms with Crippen molar-refractivity contribution in [3.05, 3.63) is 16.6 Å². The number of nitrogens with zero attached hydrogens (tertiary/aromatic N) is 2. The molecule has 3 nitrogen and oxygen atoms in total. The van der Waals surface area contributed by atoms with Gasteiger partial charge in [-0.2, -0.15) is 0 Å². The van der Waals surface area contributed by atoms with E-state index in [1.54, 1.807) is 11.3 Å². The predicted molar refractivity (Wildman–Crippen MR) is 73.4 cm³/mol. The molecule has 0 saturated carbocycles. The lowest BCUT2D eigenvalue weighted by molar-refractivity contribution is 0.280. The summed E-state index contributed by atoms with van der Waals surface area (Å²) in [6, 6.07) is 0.383. The minimum absolute atomic E-state index is 0.383. The Morgan fingerprint density at radius 1 is 1.35 bits per heavy atom. The lowest BCUT2D eigenvalue weighted by Crippen LogP contribution is -2.33. The highest BCUT2D eigenvalue weighted by Gasteiger charge is 2.10. The fraction of sp³-hybridized carbons (Fsp3) is 0.769. The van der Waals surface area contributed by atoms with Crippen LogP contribution < -0.4 is 5.32 Å². The first-order valence-corrected chi connectivity index (χ1v) is 7.64. The van der Waals surface area contributed by atoms with Gasteiger partial charge < -0.3 is 10.2 Å². The van der Waals surface area contributed by atoms with E-state index in [1.165, 1.54) is 51.0 Å². The van der Waals surface area contributed by atoms with Gasteiger partial charge in [0.05, 0.1) is 11.2 Å². The van der Waals surface area contributed by atoms with E-state index < -0.39 is 0 Å². The molecule has 1 fully saturated rings. The number of hydrogen-bond acceptors (Lipinski definition) is 4. The van der Waals surface area contributed by atoms with Gasteiger partial charge in [-0.15, -0.1) is 11.3 Å². The van der Waals surface area contributed by atoms with E-state index in [0.717, 1.165) is 6.54 Å². The molecule has 1 N–H and O–H groups in total. The van der Waals surface area contributed by atoms with Crippen molar-refractivity contribution in [3.63, 3.8) is 0 Å². The quantitative estimate of drug-likeness (QED) is 0.874. The SMILES string of the molecule is CC(NCCN1CCCCCC1)c1cscn1. The Labute approximate surface area is 108 Å². The second-order valence-electron chi connectivity index (χ2n) is 4.84. The van der Waals surface area contributed by atoms with Crippen molar-refractivity contribution in [2.45, 2.75) is 38.6 Å². The van der Waals surface area contributed by atoms with Crippen LogP contribution in [-0.2, 0) is 0 Å². The predicted octanol–water partition coefficient (Wildman–Crippen LogP) is 2.67. The van der Waals surface area contributed by atoms with Crippen LogP contribution in [0, 0.1) is 0 Å². The van der Waals surface area contributed by atoms with Crippen LogP contribution in [0.15, 0.2) is 10.9 Å². The van der Waals surface area contributed by atoms with Crippen LogP contribution in [-0.4, -0.2) is 36.1 Å². The fourth-order valence-corrected chi connectivity index (χ4v) is 2.99. The maximum atomic E-state index is 4.34. The van der Waals surface area contributed by atoms with Crippen LogP contribution in [0.1, 0.15) is 44.3 Å². The van der Waals surface area contributed by atoms with Gasteiger partial charge in [0.15, 0.2) is 0 Å². The van der Waals surface area contributed by atoms with Crippen molar-refractivity contribution in [2.75, 3.05) is 26.2 Å². The number of likely N-dealkylation sites (tertiary alicyclic amines) is 1. The molecule has 2 rings (SSSR count). The maximum absolute atomic E-state index is 4.34. The minimum atomic E-state index is 0.383. The molecule has 17 heavy (non-hydrogen) atoms. The topological polar surface area (TPSA) is 28.2 Å². The standard InChI is InChI=1S/C13H23N3S/c1-12(13-10-17-11-15-13)14-6-9-16-7-4-2-3-5-8-16/h10-12,14H,2-9H2,1H3. The highest BCUT2D eigenvalue weighted by molar-refractivity contribution is 7.07. The van der Waals surface area contributed by atoms with Crippen molar-refractivity contribution >= 4 is 11.3 Å². The van der Waals surface area contributed by atoms with Crippen LogP contribution >= 0.6 is 11.3 Å². The van der Waals surface area contributed by atoms with E-state index in [0.29, 0.717) is 6.04 Å². The smallest absolute Gasteiger partial charge is 0.0795 e. The molecule has 4 heteroatoms. The van der Waals surface area contributed by atoms with Crippen LogP contribution in [0.5, 0.6) is 0 Å². The molecule has 0 aromatic carbocycles. The molecule has 1 unspecified atom stereocenters. The highest BCUT2D eigenvalue weighted by atomic mass is 32.1. The number of nitrogens with one attached hydrogen (secondary N) is 1. The first-order chi connectivity index (χ1) is 8.36.